The Labute approximate surface area is 37.7 Å². The van der Waals surface area contributed by atoms with Crippen LogP contribution in [0.3, 0.4) is 0 Å². The van der Waals surface area contributed by atoms with E-state index in [2.05, 4.69) is 6.08 Å². The summed E-state index contributed by atoms with van der Waals surface area (Å²) in [5, 5.41) is 0. The molecule has 0 N–H and O–H groups in total. The molecule has 0 aromatic rings. The molecule has 1 nitrogen and oxygen atoms in total. The number of ketones is 1. The molecular weight excluding hydrogens is 76.1 g/mol. The van der Waals surface area contributed by atoms with E-state index in [1.165, 1.54) is 6.92 Å². The lowest BCUT2D eigenvalue weighted by atomic mass is 10.4. The Hall–Kier alpha value is -0.680. The van der Waals surface area contributed by atoms with E-state index >= 15 is 0 Å². The molecule has 0 fully saturated rings. The predicted octanol–water partition coefficient (Wildman–Crippen LogP) is 0.955. The van der Waals surface area contributed by atoms with Crippen LogP contribution in [0, 0.1) is 6.08 Å². The topological polar surface area (TPSA) is 17.1 Å². The van der Waals surface area contributed by atoms with Crippen LogP contribution in [0.5, 0.6) is 0 Å². The van der Waals surface area contributed by atoms with Crippen molar-refractivity contribution < 1.29 is 4.79 Å². The number of hydrogen-bond acceptors (Lipinski definition) is 1. The van der Waals surface area contributed by atoms with E-state index < -0.39 is 0 Å². The summed E-state index contributed by atoms with van der Waals surface area (Å²) in [5.41, 5.74) is 0. The van der Waals surface area contributed by atoms with E-state index in [4.69, 9.17) is 0 Å². The molecule has 0 aliphatic rings. The summed E-state index contributed by atoms with van der Waals surface area (Å²) in [5.74, 6) is -0.0162. The van der Waals surface area contributed by atoms with Gasteiger partial charge in [-0.05, 0) is 0 Å². The second-order valence-corrected chi connectivity index (χ2v) is 0.989. The second kappa shape index (κ2) is 2.55. The van der Waals surface area contributed by atoms with Gasteiger partial charge < -0.3 is 0 Å². The Bertz CT molecular complexity index is 72.0. The third kappa shape index (κ3) is 3.32. The molecule has 0 rings (SSSR count). The summed E-state index contributed by atoms with van der Waals surface area (Å²) in [7, 11) is 0. The summed E-state index contributed by atoms with van der Waals surface area (Å²) >= 11 is 0. The summed E-state index contributed by atoms with van der Waals surface area (Å²) in [6.45, 7) is 3.24. The molecule has 0 aliphatic carbocycles. The van der Waals surface area contributed by atoms with Gasteiger partial charge in [-0.3, -0.25) is 0 Å². The third-order valence-electron chi connectivity index (χ3n) is 0.348. The molecule has 0 heterocycles. The highest BCUT2D eigenvalue weighted by Gasteiger charge is 1.95. The maximum absolute atomic E-state index is 9.90. The Morgan fingerprint density at radius 1 is 1.83 bits per heavy atom. The summed E-state index contributed by atoms with van der Waals surface area (Å²) in [6.07, 6.45) is 4.04. The zero-order valence-electron chi connectivity index (χ0n) is 3.99. The molecule has 0 aliphatic heterocycles. The van der Waals surface area contributed by atoms with Gasteiger partial charge in [0.2, 0.25) is 0 Å². The van der Waals surface area contributed by atoms with Crippen LogP contribution in [0.15, 0.2) is 6.08 Å². The molecule has 0 saturated heterocycles. The zero-order chi connectivity index (χ0) is 4.99. The van der Waals surface area contributed by atoms with Crippen LogP contribution in [0.25, 0.3) is 0 Å². The molecule has 0 unspecified atom stereocenters. The van der Waals surface area contributed by atoms with Crippen molar-refractivity contribution in [2.45, 2.75) is 13.8 Å². The highest BCUT2D eigenvalue weighted by Crippen LogP contribution is 1.67. The molecule has 1 heteroatoms. The standard InChI is InChI=1S/C5H7O/c1-3-4-5(2)6/h3H,1-2H3/q+1. The number of carbonyl (C=O) groups excluding carboxylic acids is 1. The Morgan fingerprint density at radius 2 is 2.33 bits per heavy atom. The van der Waals surface area contributed by atoms with Crippen LogP contribution in [0.1, 0.15) is 13.8 Å². The van der Waals surface area contributed by atoms with Crippen molar-refractivity contribution in [3.63, 3.8) is 0 Å². The van der Waals surface area contributed by atoms with Crippen LogP contribution in [-0.4, -0.2) is 5.78 Å². The van der Waals surface area contributed by atoms with E-state index in [1.807, 2.05) is 0 Å². The zero-order valence-corrected chi connectivity index (χ0v) is 3.99. The van der Waals surface area contributed by atoms with E-state index in [1.54, 1.807) is 13.0 Å². The minimum absolute atomic E-state index is 0.0162. The fraction of sp³-hybridized carbons (Fsp3) is 0.400. The van der Waals surface area contributed by atoms with Gasteiger partial charge in [-0.15, -0.1) is 0 Å². The predicted molar refractivity (Wildman–Crippen MR) is 24.2 cm³/mol. The van der Waals surface area contributed by atoms with E-state index in [0.29, 0.717) is 0 Å². The number of rotatable bonds is 1. The van der Waals surface area contributed by atoms with Crippen LogP contribution in [0.4, 0.5) is 0 Å². The molecule has 0 radical (unpaired) electrons. The van der Waals surface area contributed by atoms with Crippen LogP contribution in [-0.2, 0) is 4.79 Å². The minimum atomic E-state index is -0.0162. The van der Waals surface area contributed by atoms with Crippen LogP contribution in [0.2, 0.25) is 0 Å². The molecule has 0 bridgehead atoms. The molecular formula is C5H7O+. The Morgan fingerprint density at radius 3 is 2.33 bits per heavy atom. The summed E-state index contributed by atoms with van der Waals surface area (Å²) in [6, 6.07) is 0. The second-order valence-electron chi connectivity index (χ2n) is 0.989. The van der Waals surface area contributed by atoms with Crippen molar-refractivity contribution in [1.82, 2.24) is 0 Å². The Kier molecular flexibility index (Phi) is 2.26. The van der Waals surface area contributed by atoms with Gasteiger partial charge in [0.25, 0.3) is 0 Å². The number of hydrogen-bond donors (Lipinski definition) is 0. The highest BCUT2D eigenvalue weighted by atomic mass is 16.1. The van der Waals surface area contributed by atoms with Gasteiger partial charge in [0, 0.05) is 6.92 Å². The van der Waals surface area contributed by atoms with Gasteiger partial charge in [0.15, 0.2) is 6.08 Å². The van der Waals surface area contributed by atoms with Gasteiger partial charge in [0.05, 0.1) is 6.92 Å². The van der Waals surface area contributed by atoms with Gasteiger partial charge in [-0.2, -0.15) is 0 Å². The number of carbonyl (C=O) groups is 1. The maximum atomic E-state index is 9.90. The van der Waals surface area contributed by atoms with Crippen molar-refractivity contribution in [1.29, 1.82) is 0 Å². The van der Waals surface area contributed by atoms with Gasteiger partial charge in [-0.1, -0.05) is 0 Å². The maximum Gasteiger partial charge on any atom is 0.388 e. The van der Waals surface area contributed by atoms with Gasteiger partial charge >= 0.3 is 11.9 Å². The normalized spacial score (nSPS) is 8.33. The van der Waals surface area contributed by atoms with E-state index in [-0.39, 0.29) is 5.78 Å². The average Bonchev–Trinajstić information content (AvgIpc) is 1.35. The summed E-state index contributed by atoms with van der Waals surface area (Å²) < 4.78 is 0. The first-order valence-electron chi connectivity index (χ1n) is 1.82. The molecule has 0 aromatic heterocycles. The number of Topliss-reactive ketones (excluding diaryl/α,β-unsaturated/α-hetero) is 1. The lowest BCUT2D eigenvalue weighted by Crippen LogP contribution is -1.77. The van der Waals surface area contributed by atoms with Crippen molar-refractivity contribution in [3.8, 4) is 0 Å². The van der Waals surface area contributed by atoms with Crippen molar-refractivity contribution in [2.75, 3.05) is 0 Å². The quantitative estimate of drug-likeness (QED) is 0.341. The first kappa shape index (κ1) is 5.32. The van der Waals surface area contributed by atoms with E-state index in [9.17, 15) is 4.79 Å². The van der Waals surface area contributed by atoms with Gasteiger partial charge in [-0.25, -0.2) is 4.79 Å². The molecule has 0 saturated carbocycles. The molecule has 32 valence electrons. The molecule has 6 heavy (non-hydrogen) atoms. The molecule has 0 aromatic carbocycles. The smallest absolute Gasteiger partial charge is 0.232 e. The van der Waals surface area contributed by atoms with Crippen molar-refractivity contribution in [3.05, 3.63) is 12.2 Å². The van der Waals surface area contributed by atoms with Gasteiger partial charge in [0.1, 0.15) is 0 Å². The minimum Gasteiger partial charge on any atom is -0.232 e. The molecule has 0 atom stereocenters. The van der Waals surface area contributed by atoms with E-state index in [0.717, 1.165) is 0 Å². The lowest BCUT2D eigenvalue weighted by Gasteiger charge is -1.47. The monoisotopic (exact) mass is 83.0 g/mol. The first-order valence-corrected chi connectivity index (χ1v) is 1.82. The lowest BCUT2D eigenvalue weighted by molar-refractivity contribution is -0.113. The third-order valence-corrected chi connectivity index (χ3v) is 0.348. The fourth-order valence-electron chi connectivity index (χ4n) is 0.203. The van der Waals surface area contributed by atoms with Crippen LogP contribution < -0.4 is 0 Å². The fourth-order valence-corrected chi connectivity index (χ4v) is 0.203. The SMILES string of the molecule is CC=[C+]C(C)=O. The molecule has 0 amide bonds. The summed E-state index contributed by atoms with van der Waals surface area (Å²) in [4.78, 5) is 9.90. The van der Waals surface area contributed by atoms with Crippen molar-refractivity contribution in [2.24, 2.45) is 0 Å². The first-order chi connectivity index (χ1) is 2.77. The largest absolute Gasteiger partial charge is 0.388 e. The molecule has 0 spiro atoms. The highest BCUT2D eigenvalue weighted by molar-refractivity contribution is 5.82. The average molecular weight is 83.1 g/mol. The van der Waals surface area contributed by atoms with Crippen LogP contribution >= 0.6 is 0 Å². The number of allylic oxidation sites excluding steroid dienone is 2. The Balaban J connectivity index is 3.30. The van der Waals surface area contributed by atoms with Crippen molar-refractivity contribution >= 4 is 5.78 Å².